The average Bonchev–Trinajstić information content (AvgIpc) is 3.66. The van der Waals surface area contributed by atoms with E-state index in [1.54, 1.807) is 0 Å². The van der Waals surface area contributed by atoms with Crippen molar-refractivity contribution in [3.8, 4) is 11.1 Å². The SMILES string of the molecule is C=C(Nc1cncc(CC)c1)c1n[nH]c2ccc(-c3cncc(CN4CCCC4)c3)cc12.CC.CC.CC. The number of aromatic nitrogens is 4. The Kier molecular flexibility index (Phi) is 13.2. The van der Waals surface area contributed by atoms with Crippen LogP contribution in [0.15, 0.2) is 61.7 Å². The van der Waals surface area contributed by atoms with Crippen molar-refractivity contribution in [1.29, 1.82) is 0 Å². The lowest BCUT2D eigenvalue weighted by Gasteiger charge is -2.15. The standard InChI is InChI=1S/C26H28N6.3C2H6/c1-3-19-11-23(16-28-13-19)29-18(2)26-24-12-21(6-7-25(24)30-31-26)22-10-20(14-27-15-22)17-32-8-4-5-9-32;3*1-2/h6-7,10-16,29H,2-5,8-9,17H2,1H3,(H,30,31);3*1-2H3. The van der Waals surface area contributed by atoms with Gasteiger partial charge in [-0.05, 0) is 73.3 Å². The number of rotatable bonds is 7. The third-order valence-corrected chi connectivity index (χ3v) is 6.08. The van der Waals surface area contributed by atoms with Crippen LogP contribution in [0.2, 0.25) is 0 Å². The maximum atomic E-state index is 4.53. The van der Waals surface area contributed by atoms with Gasteiger partial charge in [0, 0.05) is 36.1 Å². The molecule has 2 N–H and O–H groups in total. The number of aromatic amines is 1. The molecule has 0 radical (unpaired) electrons. The van der Waals surface area contributed by atoms with Gasteiger partial charge in [-0.1, -0.05) is 61.1 Å². The van der Waals surface area contributed by atoms with Crippen LogP contribution >= 0.6 is 0 Å². The van der Waals surface area contributed by atoms with Crippen molar-refractivity contribution < 1.29 is 0 Å². The quantitative estimate of drug-likeness (QED) is 0.259. The highest BCUT2D eigenvalue weighted by Gasteiger charge is 2.14. The number of H-pyrrole nitrogens is 1. The van der Waals surface area contributed by atoms with E-state index in [1.807, 2.05) is 66.3 Å². The second-order valence-electron chi connectivity index (χ2n) is 8.44. The summed E-state index contributed by atoms with van der Waals surface area (Å²) in [6.45, 7) is 21.7. The molecule has 6 heteroatoms. The lowest BCUT2D eigenvalue weighted by atomic mass is 10.0. The predicted molar refractivity (Wildman–Crippen MR) is 164 cm³/mol. The van der Waals surface area contributed by atoms with Gasteiger partial charge in [-0.3, -0.25) is 20.0 Å². The number of hydrogen-bond acceptors (Lipinski definition) is 5. The molecule has 1 aliphatic heterocycles. The first-order chi connectivity index (χ1) is 18.7. The van der Waals surface area contributed by atoms with E-state index in [0.29, 0.717) is 0 Å². The highest BCUT2D eigenvalue weighted by Crippen LogP contribution is 2.29. The van der Waals surface area contributed by atoms with Gasteiger partial charge >= 0.3 is 0 Å². The Morgan fingerprint density at radius 1 is 0.868 bits per heavy atom. The molecule has 5 rings (SSSR count). The van der Waals surface area contributed by atoms with Crippen molar-refractivity contribution in [3.63, 3.8) is 0 Å². The third kappa shape index (κ3) is 7.99. The van der Waals surface area contributed by atoms with Gasteiger partial charge in [-0.25, -0.2) is 0 Å². The number of pyridine rings is 2. The Morgan fingerprint density at radius 2 is 1.55 bits per heavy atom. The summed E-state index contributed by atoms with van der Waals surface area (Å²) < 4.78 is 0. The molecule has 0 bridgehead atoms. The van der Waals surface area contributed by atoms with Gasteiger partial charge in [0.1, 0.15) is 5.69 Å². The van der Waals surface area contributed by atoms with E-state index >= 15 is 0 Å². The number of nitrogens with one attached hydrogen (secondary N) is 2. The maximum absolute atomic E-state index is 4.53. The summed E-state index contributed by atoms with van der Waals surface area (Å²) in [6, 6.07) is 10.7. The molecule has 0 spiro atoms. The molecule has 1 saturated heterocycles. The van der Waals surface area contributed by atoms with Crippen molar-refractivity contribution in [2.45, 2.75) is 74.3 Å². The molecular formula is C32H46N6. The number of aryl methyl sites for hydroxylation is 1. The van der Waals surface area contributed by atoms with Crippen molar-refractivity contribution in [3.05, 3.63) is 78.5 Å². The fourth-order valence-corrected chi connectivity index (χ4v) is 4.34. The molecule has 1 aliphatic rings. The number of hydrogen-bond donors (Lipinski definition) is 2. The summed E-state index contributed by atoms with van der Waals surface area (Å²) >= 11 is 0. The lowest BCUT2D eigenvalue weighted by Crippen LogP contribution is -2.18. The minimum absolute atomic E-state index is 0.740. The van der Waals surface area contributed by atoms with Crippen molar-refractivity contribution in [2.75, 3.05) is 18.4 Å². The van der Waals surface area contributed by atoms with Gasteiger partial charge in [0.05, 0.1) is 23.1 Å². The van der Waals surface area contributed by atoms with Gasteiger partial charge in [-0.15, -0.1) is 0 Å². The molecular weight excluding hydrogens is 468 g/mol. The van der Waals surface area contributed by atoms with E-state index < -0.39 is 0 Å². The average molecular weight is 515 g/mol. The van der Waals surface area contributed by atoms with Crippen LogP contribution in [0.3, 0.4) is 0 Å². The van der Waals surface area contributed by atoms with Crippen LogP contribution < -0.4 is 5.32 Å². The van der Waals surface area contributed by atoms with E-state index in [1.165, 1.54) is 37.1 Å². The molecule has 1 fully saturated rings. The first-order valence-electron chi connectivity index (χ1n) is 14.2. The fourth-order valence-electron chi connectivity index (χ4n) is 4.34. The summed E-state index contributed by atoms with van der Waals surface area (Å²) in [4.78, 5) is 11.3. The minimum Gasteiger partial charge on any atom is -0.353 e. The molecule has 0 amide bonds. The monoisotopic (exact) mass is 514 g/mol. The number of nitrogens with zero attached hydrogens (tertiary/aromatic N) is 4. The summed E-state index contributed by atoms with van der Waals surface area (Å²) in [7, 11) is 0. The predicted octanol–water partition coefficient (Wildman–Crippen LogP) is 8.34. The Hall–Kier alpha value is -3.51. The lowest BCUT2D eigenvalue weighted by molar-refractivity contribution is 0.331. The van der Waals surface area contributed by atoms with E-state index in [0.717, 1.165) is 52.1 Å². The van der Waals surface area contributed by atoms with E-state index in [4.69, 9.17) is 0 Å². The van der Waals surface area contributed by atoms with Crippen LogP contribution in [0.1, 0.15) is 78.1 Å². The second kappa shape index (κ2) is 16.4. The van der Waals surface area contributed by atoms with Crippen molar-refractivity contribution in [2.24, 2.45) is 0 Å². The number of likely N-dealkylation sites (tertiary alicyclic amines) is 1. The van der Waals surface area contributed by atoms with Crippen LogP contribution in [0.5, 0.6) is 0 Å². The Balaban J connectivity index is 0.000000791. The van der Waals surface area contributed by atoms with Gasteiger partial charge in [0.2, 0.25) is 0 Å². The molecule has 6 nitrogen and oxygen atoms in total. The smallest absolute Gasteiger partial charge is 0.116 e. The summed E-state index contributed by atoms with van der Waals surface area (Å²) in [5.41, 5.74) is 8.13. The molecule has 1 aromatic carbocycles. The zero-order valence-corrected chi connectivity index (χ0v) is 24.4. The second-order valence-corrected chi connectivity index (χ2v) is 8.44. The molecule has 0 unspecified atom stereocenters. The summed E-state index contributed by atoms with van der Waals surface area (Å²) in [5, 5.41) is 12.0. The largest absolute Gasteiger partial charge is 0.353 e. The molecule has 0 aliphatic carbocycles. The van der Waals surface area contributed by atoms with Gasteiger partial charge < -0.3 is 5.32 Å². The number of anilines is 1. The van der Waals surface area contributed by atoms with Crippen LogP contribution in [0, 0.1) is 0 Å². The Bertz CT molecular complexity index is 1250. The topological polar surface area (TPSA) is 69.7 Å². The van der Waals surface area contributed by atoms with Gasteiger partial charge in [0.15, 0.2) is 0 Å². The molecule has 38 heavy (non-hydrogen) atoms. The first kappa shape index (κ1) is 30.7. The first-order valence-corrected chi connectivity index (χ1v) is 14.2. The molecule has 204 valence electrons. The Morgan fingerprint density at radius 3 is 2.26 bits per heavy atom. The van der Waals surface area contributed by atoms with Gasteiger partial charge in [-0.2, -0.15) is 5.10 Å². The van der Waals surface area contributed by atoms with Crippen LogP contribution in [0.25, 0.3) is 27.7 Å². The highest BCUT2D eigenvalue weighted by molar-refractivity contribution is 5.95. The zero-order valence-electron chi connectivity index (χ0n) is 24.4. The van der Waals surface area contributed by atoms with Gasteiger partial charge in [0.25, 0.3) is 0 Å². The number of fused-ring (bicyclic) bond motifs is 1. The van der Waals surface area contributed by atoms with Crippen molar-refractivity contribution >= 4 is 22.3 Å². The summed E-state index contributed by atoms with van der Waals surface area (Å²) in [6.07, 6.45) is 11.1. The van der Waals surface area contributed by atoms with E-state index in [-0.39, 0.29) is 0 Å². The zero-order chi connectivity index (χ0) is 27.9. The minimum atomic E-state index is 0.740. The van der Waals surface area contributed by atoms with E-state index in [9.17, 15) is 0 Å². The normalized spacial score (nSPS) is 12.4. The number of benzene rings is 1. The molecule has 4 heterocycles. The van der Waals surface area contributed by atoms with Crippen LogP contribution in [-0.4, -0.2) is 38.2 Å². The fraction of sp³-hybridized carbons (Fsp3) is 0.406. The Labute approximate surface area is 229 Å². The van der Waals surface area contributed by atoms with Crippen LogP contribution in [-0.2, 0) is 13.0 Å². The third-order valence-electron chi connectivity index (χ3n) is 6.08. The van der Waals surface area contributed by atoms with Crippen LogP contribution in [0.4, 0.5) is 5.69 Å². The summed E-state index contributed by atoms with van der Waals surface area (Å²) in [5.74, 6) is 0. The molecule has 4 aromatic rings. The highest BCUT2D eigenvalue weighted by atomic mass is 15.1. The van der Waals surface area contributed by atoms with E-state index in [2.05, 4.69) is 74.2 Å². The molecule has 3 aromatic heterocycles. The van der Waals surface area contributed by atoms with Crippen molar-refractivity contribution in [1.82, 2.24) is 25.1 Å². The molecule has 0 saturated carbocycles. The maximum Gasteiger partial charge on any atom is 0.116 e. The molecule has 0 atom stereocenters.